The van der Waals surface area contributed by atoms with Crippen molar-refractivity contribution in [2.75, 3.05) is 11.1 Å². The number of aryl methyl sites for hydroxylation is 1. The predicted molar refractivity (Wildman–Crippen MR) is 69.9 cm³/mol. The highest BCUT2D eigenvalue weighted by Gasteiger charge is 2.10. The summed E-state index contributed by atoms with van der Waals surface area (Å²) in [4.78, 5) is 11.9. The molecule has 0 aromatic heterocycles. The van der Waals surface area contributed by atoms with Crippen molar-refractivity contribution in [1.82, 2.24) is 0 Å². The molecule has 0 heterocycles. The lowest BCUT2D eigenvalue weighted by atomic mass is 10.1. The Morgan fingerprint density at radius 2 is 2.00 bits per heavy atom. The van der Waals surface area contributed by atoms with Gasteiger partial charge in [-0.25, -0.2) is 4.39 Å². The van der Waals surface area contributed by atoms with Gasteiger partial charge in [-0.05, 0) is 42.8 Å². The van der Waals surface area contributed by atoms with Crippen molar-refractivity contribution in [1.29, 1.82) is 0 Å². The van der Waals surface area contributed by atoms with Crippen LogP contribution in [0, 0.1) is 12.7 Å². The number of anilines is 2. The third-order valence-electron chi connectivity index (χ3n) is 2.53. The van der Waals surface area contributed by atoms with Crippen LogP contribution in [0.15, 0.2) is 42.5 Å². The SMILES string of the molecule is Cc1cccc(NC(=O)c2ccc(F)cc2N)c1. The number of carbonyl (C=O) groups is 1. The summed E-state index contributed by atoms with van der Waals surface area (Å²) in [6.07, 6.45) is 0. The first-order valence-electron chi connectivity index (χ1n) is 5.49. The minimum atomic E-state index is -0.459. The van der Waals surface area contributed by atoms with E-state index < -0.39 is 5.82 Å². The van der Waals surface area contributed by atoms with Gasteiger partial charge in [0.15, 0.2) is 0 Å². The minimum absolute atomic E-state index is 0.125. The van der Waals surface area contributed by atoms with Crippen LogP contribution in [0.3, 0.4) is 0 Å². The summed E-state index contributed by atoms with van der Waals surface area (Å²) >= 11 is 0. The lowest BCUT2D eigenvalue weighted by Crippen LogP contribution is -2.14. The summed E-state index contributed by atoms with van der Waals surface area (Å²) in [5.74, 6) is -0.808. The van der Waals surface area contributed by atoms with Crippen LogP contribution in [-0.4, -0.2) is 5.91 Å². The van der Waals surface area contributed by atoms with Crippen LogP contribution in [0.25, 0.3) is 0 Å². The molecule has 0 saturated heterocycles. The first-order valence-corrected chi connectivity index (χ1v) is 5.49. The molecular formula is C14H13FN2O. The number of amides is 1. The molecule has 0 aliphatic rings. The van der Waals surface area contributed by atoms with Crippen molar-refractivity contribution in [3.8, 4) is 0 Å². The van der Waals surface area contributed by atoms with E-state index in [0.29, 0.717) is 5.69 Å². The van der Waals surface area contributed by atoms with Gasteiger partial charge < -0.3 is 11.1 Å². The molecule has 4 heteroatoms. The molecule has 0 fully saturated rings. The fraction of sp³-hybridized carbons (Fsp3) is 0.0714. The first-order chi connectivity index (χ1) is 8.56. The van der Waals surface area contributed by atoms with E-state index in [1.165, 1.54) is 12.1 Å². The molecule has 0 saturated carbocycles. The van der Waals surface area contributed by atoms with E-state index in [1.54, 1.807) is 6.07 Å². The zero-order valence-corrected chi connectivity index (χ0v) is 9.91. The van der Waals surface area contributed by atoms with Gasteiger partial charge in [-0.2, -0.15) is 0 Å². The van der Waals surface area contributed by atoms with Crippen molar-refractivity contribution in [2.45, 2.75) is 6.92 Å². The Morgan fingerprint density at radius 1 is 1.22 bits per heavy atom. The molecule has 0 aliphatic heterocycles. The fourth-order valence-corrected chi connectivity index (χ4v) is 1.66. The second kappa shape index (κ2) is 4.87. The third kappa shape index (κ3) is 2.66. The van der Waals surface area contributed by atoms with Crippen molar-refractivity contribution in [3.63, 3.8) is 0 Å². The monoisotopic (exact) mass is 244 g/mol. The van der Waals surface area contributed by atoms with Crippen molar-refractivity contribution in [2.24, 2.45) is 0 Å². The second-order valence-electron chi connectivity index (χ2n) is 4.06. The Hall–Kier alpha value is -2.36. The van der Waals surface area contributed by atoms with Crippen LogP contribution in [0.4, 0.5) is 15.8 Å². The van der Waals surface area contributed by atoms with E-state index in [0.717, 1.165) is 11.6 Å². The number of hydrogen-bond acceptors (Lipinski definition) is 2. The molecule has 2 aromatic rings. The molecule has 0 bridgehead atoms. The normalized spacial score (nSPS) is 10.1. The Morgan fingerprint density at radius 3 is 2.67 bits per heavy atom. The average molecular weight is 244 g/mol. The zero-order chi connectivity index (χ0) is 13.1. The van der Waals surface area contributed by atoms with Crippen molar-refractivity contribution < 1.29 is 9.18 Å². The van der Waals surface area contributed by atoms with Crippen LogP contribution in [0.1, 0.15) is 15.9 Å². The van der Waals surface area contributed by atoms with Gasteiger partial charge in [0.05, 0.1) is 5.56 Å². The highest BCUT2D eigenvalue weighted by Crippen LogP contribution is 2.16. The van der Waals surface area contributed by atoms with E-state index in [1.807, 2.05) is 25.1 Å². The molecule has 0 spiro atoms. The highest BCUT2D eigenvalue weighted by molar-refractivity contribution is 6.07. The van der Waals surface area contributed by atoms with E-state index in [2.05, 4.69) is 5.32 Å². The van der Waals surface area contributed by atoms with Crippen LogP contribution in [0.2, 0.25) is 0 Å². The van der Waals surface area contributed by atoms with Gasteiger partial charge in [0, 0.05) is 11.4 Å². The smallest absolute Gasteiger partial charge is 0.257 e. The van der Waals surface area contributed by atoms with E-state index in [-0.39, 0.29) is 17.2 Å². The van der Waals surface area contributed by atoms with E-state index >= 15 is 0 Å². The number of rotatable bonds is 2. The zero-order valence-electron chi connectivity index (χ0n) is 9.91. The molecule has 1 amide bonds. The number of nitrogens with two attached hydrogens (primary N) is 1. The molecule has 0 radical (unpaired) electrons. The second-order valence-corrected chi connectivity index (χ2v) is 4.06. The maximum absolute atomic E-state index is 12.9. The van der Waals surface area contributed by atoms with Crippen LogP contribution >= 0.6 is 0 Å². The van der Waals surface area contributed by atoms with Gasteiger partial charge in [-0.3, -0.25) is 4.79 Å². The maximum Gasteiger partial charge on any atom is 0.257 e. The molecule has 0 aliphatic carbocycles. The lowest BCUT2D eigenvalue weighted by molar-refractivity contribution is 0.102. The Labute approximate surface area is 104 Å². The number of hydrogen-bond donors (Lipinski definition) is 2. The van der Waals surface area contributed by atoms with Crippen LogP contribution in [-0.2, 0) is 0 Å². The largest absolute Gasteiger partial charge is 0.398 e. The highest BCUT2D eigenvalue weighted by atomic mass is 19.1. The van der Waals surface area contributed by atoms with Crippen LogP contribution < -0.4 is 11.1 Å². The standard InChI is InChI=1S/C14H13FN2O/c1-9-3-2-4-11(7-9)17-14(18)12-6-5-10(15)8-13(12)16/h2-8H,16H2,1H3,(H,17,18). The summed E-state index contributed by atoms with van der Waals surface area (Å²) in [6, 6.07) is 11.1. The van der Waals surface area contributed by atoms with Gasteiger partial charge in [0.1, 0.15) is 5.82 Å². The maximum atomic E-state index is 12.9. The summed E-state index contributed by atoms with van der Waals surface area (Å²) in [5.41, 5.74) is 7.72. The minimum Gasteiger partial charge on any atom is -0.398 e. The van der Waals surface area contributed by atoms with Crippen LogP contribution in [0.5, 0.6) is 0 Å². The topological polar surface area (TPSA) is 55.1 Å². The first kappa shape index (κ1) is 12.1. The number of nitrogen functional groups attached to an aromatic ring is 1. The van der Waals surface area contributed by atoms with Gasteiger partial charge in [-0.1, -0.05) is 12.1 Å². The molecule has 92 valence electrons. The number of benzene rings is 2. The quantitative estimate of drug-likeness (QED) is 0.798. The van der Waals surface area contributed by atoms with Gasteiger partial charge >= 0.3 is 0 Å². The molecule has 3 nitrogen and oxygen atoms in total. The van der Waals surface area contributed by atoms with E-state index in [4.69, 9.17) is 5.73 Å². The number of nitrogens with one attached hydrogen (secondary N) is 1. The molecule has 2 aromatic carbocycles. The van der Waals surface area contributed by atoms with Gasteiger partial charge in [0.2, 0.25) is 0 Å². The molecular weight excluding hydrogens is 231 g/mol. The molecule has 0 atom stereocenters. The summed E-state index contributed by atoms with van der Waals surface area (Å²) in [6.45, 7) is 1.93. The van der Waals surface area contributed by atoms with Crippen molar-refractivity contribution >= 4 is 17.3 Å². The Bertz CT molecular complexity index is 596. The van der Waals surface area contributed by atoms with Crippen molar-refractivity contribution in [3.05, 3.63) is 59.4 Å². The summed E-state index contributed by atoms with van der Waals surface area (Å²) in [5, 5.41) is 2.72. The predicted octanol–water partition coefficient (Wildman–Crippen LogP) is 2.97. The molecule has 0 unspecified atom stereocenters. The fourth-order valence-electron chi connectivity index (χ4n) is 1.66. The third-order valence-corrected chi connectivity index (χ3v) is 2.53. The number of carbonyl (C=O) groups excluding carboxylic acids is 1. The lowest BCUT2D eigenvalue weighted by Gasteiger charge is -2.08. The molecule has 3 N–H and O–H groups in total. The molecule has 2 rings (SSSR count). The number of halogens is 1. The Kier molecular flexibility index (Phi) is 3.28. The summed E-state index contributed by atoms with van der Waals surface area (Å²) in [7, 11) is 0. The van der Waals surface area contributed by atoms with Gasteiger partial charge in [-0.15, -0.1) is 0 Å². The van der Waals surface area contributed by atoms with E-state index in [9.17, 15) is 9.18 Å². The summed E-state index contributed by atoms with van der Waals surface area (Å²) < 4.78 is 12.9. The Balaban J connectivity index is 2.22. The average Bonchev–Trinajstić information content (AvgIpc) is 2.28. The van der Waals surface area contributed by atoms with Gasteiger partial charge in [0.25, 0.3) is 5.91 Å². The molecule has 18 heavy (non-hydrogen) atoms.